The maximum atomic E-state index is 13.3. The summed E-state index contributed by atoms with van der Waals surface area (Å²) >= 11 is 0. The lowest BCUT2D eigenvalue weighted by Crippen LogP contribution is -2.48. The van der Waals surface area contributed by atoms with Crippen LogP contribution in [0.15, 0.2) is 30.5 Å². The number of amides is 1. The third-order valence-corrected chi connectivity index (χ3v) is 3.90. The van der Waals surface area contributed by atoms with Crippen LogP contribution in [0.3, 0.4) is 0 Å². The van der Waals surface area contributed by atoms with Gasteiger partial charge in [0.15, 0.2) is 0 Å². The molecule has 1 N–H and O–H groups in total. The zero-order valence-corrected chi connectivity index (χ0v) is 13.0. The summed E-state index contributed by atoms with van der Waals surface area (Å²) in [6, 6.07) is 5.27. The molecule has 1 amide bonds. The number of piperazine rings is 1. The number of pyridine rings is 2. The van der Waals surface area contributed by atoms with Gasteiger partial charge in [-0.3, -0.25) is 10.1 Å². The van der Waals surface area contributed by atoms with Crippen LogP contribution in [0, 0.1) is 16.1 Å². The molecule has 1 aliphatic rings. The summed E-state index contributed by atoms with van der Waals surface area (Å²) in [5, 5.41) is 20.2. The van der Waals surface area contributed by atoms with Crippen molar-refractivity contribution in [3.8, 4) is 11.3 Å². The Bertz CT molecular complexity index is 823. The van der Waals surface area contributed by atoms with Gasteiger partial charge in [-0.25, -0.2) is 14.8 Å². The van der Waals surface area contributed by atoms with E-state index >= 15 is 0 Å². The van der Waals surface area contributed by atoms with Gasteiger partial charge in [0.05, 0.1) is 16.7 Å². The van der Waals surface area contributed by atoms with Crippen molar-refractivity contribution < 1.29 is 19.2 Å². The molecule has 2 aromatic rings. The van der Waals surface area contributed by atoms with Crippen LogP contribution in [-0.2, 0) is 0 Å². The van der Waals surface area contributed by atoms with E-state index in [-0.39, 0.29) is 24.5 Å². The molecule has 25 heavy (non-hydrogen) atoms. The number of aromatic nitrogens is 2. The molecule has 9 nitrogen and oxygen atoms in total. The molecule has 1 fully saturated rings. The third-order valence-electron chi connectivity index (χ3n) is 3.90. The highest BCUT2D eigenvalue weighted by atomic mass is 19.1. The Morgan fingerprint density at radius 2 is 1.96 bits per heavy atom. The molecule has 0 atom stereocenters. The zero-order chi connectivity index (χ0) is 18.0. The molecule has 1 saturated heterocycles. The molecule has 3 rings (SSSR count). The fourth-order valence-corrected chi connectivity index (χ4v) is 2.61. The number of nitro groups is 1. The Labute approximate surface area is 141 Å². The van der Waals surface area contributed by atoms with E-state index in [4.69, 9.17) is 5.11 Å². The first-order chi connectivity index (χ1) is 11.9. The van der Waals surface area contributed by atoms with E-state index < -0.39 is 17.0 Å². The minimum atomic E-state index is -1.00. The highest BCUT2D eigenvalue weighted by Gasteiger charge is 2.23. The van der Waals surface area contributed by atoms with Crippen molar-refractivity contribution in [1.29, 1.82) is 0 Å². The van der Waals surface area contributed by atoms with Crippen LogP contribution in [0.1, 0.15) is 0 Å². The normalized spacial score (nSPS) is 14.4. The largest absolute Gasteiger partial charge is 0.465 e. The molecule has 0 spiro atoms. The number of anilines is 1. The summed E-state index contributed by atoms with van der Waals surface area (Å²) in [6.07, 6.45) is 0.260. The predicted octanol–water partition coefficient (Wildman–Crippen LogP) is 1.99. The van der Waals surface area contributed by atoms with Crippen LogP contribution in [0.2, 0.25) is 0 Å². The summed E-state index contributed by atoms with van der Waals surface area (Å²) in [4.78, 5) is 32.5. The second kappa shape index (κ2) is 6.67. The number of carboxylic acid groups (broad SMARTS) is 1. The molecule has 130 valence electrons. The topological polar surface area (TPSA) is 113 Å². The maximum Gasteiger partial charge on any atom is 0.407 e. The molecule has 0 aromatic carbocycles. The van der Waals surface area contributed by atoms with Crippen LogP contribution in [0.25, 0.3) is 11.3 Å². The van der Waals surface area contributed by atoms with Crippen molar-refractivity contribution in [2.45, 2.75) is 0 Å². The Kier molecular flexibility index (Phi) is 4.42. The molecule has 0 bridgehead atoms. The van der Waals surface area contributed by atoms with Crippen molar-refractivity contribution >= 4 is 17.6 Å². The van der Waals surface area contributed by atoms with E-state index in [9.17, 15) is 19.3 Å². The lowest BCUT2D eigenvalue weighted by atomic mass is 10.1. The number of halogens is 1. The van der Waals surface area contributed by atoms with Gasteiger partial charge >= 0.3 is 6.09 Å². The number of nitrogens with zero attached hydrogens (tertiary/aromatic N) is 5. The van der Waals surface area contributed by atoms with Gasteiger partial charge in [0.2, 0.25) is 5.95 Å². The minimum Gasteiger partial charge on any atom is -0.465 e. The lowest BCUT2D eigenvalue weighted by Gasteiger charge is -2.33. The van der Waals surface area contributed by atoms with Gasteiger partial charge in [-0.05, 0) is 6.07 Å². The molecule has 0 saturated carbocycles. The second-order valence-electron chi connectivity index (χ2n) is 5.45. The van der Waals surface area contributed by atoms with Crippen LogP contribution in [0.5, 0.6) is 0 Å². The molecular weight excluding hydrogens is 333 g/mol. The molecule has 0 radical (unpaired) electrons. The first-order valence-corrected chi connectivity index (χ1v) is 7.45. The van der Waals surface area contributed by atoms with Crippen molar-refractivity contribution in [3.05, 3.63) is 46.5 Å². The average molecular weight is 347 g/mol. The monoisotopic (exact) mass is 347 g/mol. The van der Waals surface area contributed by atoms with Crippen LogP contribution < -0.4 is 4.90 Å². The van der Waals surface area contributed by atoms with E-state index in [1.54, 1.807) is 4.90 Å². The second-order valence-corrected chi connectivity index (χ2v) is 5.45. The molecule has 2 aromatic heterocycles. The SMILES string of the molecule is O=C(O)N1CCN(c2cc([N+](=O)[O-])cc(-c3ccnc(F)c3)n2)CC1. The standard InChI is InChI=1S/C15H14FN5O4/c16-13-7-10(1-2-17-13)12-8-11(21(24)25)9-14(18-12)19-3-5-20(6-4-19)15(22)23/h1-2,7-9H,3-6H2,(H,22,23). The number of rotatable bonds is 3. The van der Waals surface area contributed by atoms with Crippen LogP contribution in [0.4, 0.5) is 20.7 Å². The summed E-state index contributed by atoms with van der Waals surface area (Å²) in [5.74, 6) is -0.353. The molecule has 0 unspecified atom stereocenters. The van der Waals surface area contributed by atoms with Gasteiger partial charge in [-0.15, -0.1) is 0 Å². The molecule has 0 aliphatic carbocycles. The van der Waals surface area contributed by atoms with Crippen LogP contribution in [-0.4, -0.2) is 57.2 Å². The Hall–Kier alpha value is -3.30. The average Bonchev–Trinajstić information content (AvgIpc) is 2.61. The predicted molar refractivity (Wildman–Crippen MR) is 85.9 cm³/mol. The number of hydrogen-bond donors (Lipinski definition) is 1. The van der Waals surface area contributed by atoms with Gasteiger partial charge in [0.25, 0.3) is 5.69 Å². The van der Waals surface area contributed by atoms with E-state index in [1.165, 1.54) is 29.3 Å². The summed E-state index contributed by atoms with van der Waals surface area (Å²) in [7, 11) is 0. The van der Waals surface area contributed by atoms with Gasteiger partial charge in [0, 0.05) is 50.1 Å². The van der Waals surface area contributed by atoms with E-state index in [0.717, 1.165) is 6.07 Å². The van der Waals surface area contributed by atoms with Crippen molar-refractivity contribution in [2.24, 2.45) is 0 Å². The first kappa shape index (κ1) is 16.6. The fraction of sp³-hybridized carbons (Fsp3) is 0.267. The molecular formula is C15H14FN5O4. The summed E-state index contributed by atoms with van der Waals surface area (Å²) < 4.78 is 13.3. The first-order valence-electron chi connectivity index (χ1n) is 7.45. The number of hydrogen-bond acceptors (Lipinski definition) is 6. The van der Waals surface area contributed by atoms with E-state index in [0.29, 0.717) is 24.5 Å². The smallest absolute Gasteiger partial charge is 0.407 e. The lowest BCUT2D eigenvalue weighted by molar-refractivity contribution is -0.384. The van der Waals surface area contributed by atoms with Gasteiger partial charge in [-0.2, -0.15) is 4.39 Å². The fourth-order valence-electron chi connectivity index (χ4n) is 2.61. The third kappa shape index (κ3) is 3.62. The molecule has 3 heterocycles. The van der Waals surface area contributed by atoms with E-state index in [2.05, 4.69) is 9.97 Å². The Balaban J connectivity index is 1.94. The minimum absolute atomic E-state index is 0.169. The van der Waals surface area contributed by atoms with Crippen molar-refractivity contribution in [2.75, 3.05) is 31.1 Å². The Morgan fingerprint density at radius 1 is 1.24 bits per heavy atom. The Morgan fingerprint density at radius 3 is 2.56 bits per heavy atom. The van der Waals surface area contributed by atoms with Gasteiger partial charge in [-0.1, -0.05) is 0 Å². The highest BCUT2D eigenvalue weighted by Crippen LogP contribution is 2.27. The van der Waals surface area contributed by atoms with E-state index in [1.807, 2.05) is 0 Å². The van der Waals surface area contributed by atoms with Gasteiger partial charge in [0.1, 0.15) is 5.82 Å². The molecule has 1 aliphatic heterocycles. The zero-order valence-electron chi connectivity index (χ0n) is 13.0. The highest BCUT2D eigenvalue weighted by molar-refractivity contribution is 5.67. The number of carbonyl (C=O) groups is 1. The summed E-state index contributed by atoms with van der Waals surface area (Å²) in [5.41, 5.74) is 0.464. The van der Waals surface area contributed by atoms with Crippen molar-refractivity contribution in [3.63, 3.8) is 0 Å². The van der Waals surface area contributed by atoms with Crippen LogP contribution >= 0.6 is 0 Å². The quantitative estimate of drug-likeness (QED) is 0.513. The maximum absolute atomic E-state index is 13.3. The van der Waals surface area contributed by atoms with Crippen molar-refractivity contribution in [1.82, 2.24) is 14.9 Å². The summed E-state index contributed by atoms with van der Waals surface area (Å²) in [6.45, 7) is 1.28. The molecule has 10 heteroatoms. The van der Waals surface area contributed by atoms with Gasteiger partial charge < -0.3 is 14.9 Å².